The molecule has 0 bridgehead atoms. The number of hydrogen-bond acceptors (Lipinski definition) is 0. The molecule has 0 aromatic carbocycles. The van der Waals surface area contributed by atoms with Crippen molar-refractivity contribution >= 4 is 0 Å². The fraction of sp³-hybridized carbons (Fsp3) is 0.842. The van der Waals surface area contributed by atoms with Crippen LogP contribution in [0.4, 0.5) is 0 Å². The summed E-state index contributed by atoms with van der Waals surface area (Å²) in [6, 6.07) is 0. The predicted molar refractivity (Wildman–Crippen MR) is 174 cm³/mol. The average molecular weight is 527 g/mol. The van der Waals surface area contributed by atoms with Gasteiger partial charge in [-0.25, -0.2) is 0 Å². The number of rotatable bonds is 8. The molecular weight excluding hydrogens is 456 g/mol. The molecule has 0 spiro atoms. The first kappa shape index (κ1) is 35.2. The number of hydrogen-bond donors (Lipinski definition) is 0. The van der Waals surface area contributed by atoms with Crippen LogP contribution in [0.25, 0.3) is 0 Å². The maximum atomic E-state index is 4.34. The molecule has 3 fully saturated rings. The fourth-order valence-corrected chi connectivity index (χ4v) is 9.50. The Morgan fingerprint density at radius 2 is 1.58 bits per heavy atom. The van der Waals surface area contributed by atoms with Crippen molar-refractivity contribution < 1.29 is 0 Å². The predicted octanol–water partition coefficient (Wildman–Crippen LogP) is 12.7. The van der Waals surface area contributed by atoms with Gasteiger partial charge in [0.1, 0.15) is 0 Å². The largest absolute Gasteiger partial charge is 0.106 e. The van der Waals surface area contributed by atoms with Gasteiger partial charge in [0.05, 0.1) is 0 Å². The van der Waals surface area contributed by atoms with E-state index in [1.165, 1.54) is 77.0 Å². The van der Waals surface area contributed by atoms with Gasteiger partial charge in [-0.1, -0.05) is 106 Å². The number of fused-ring (bicyclic) bond motifs is 5. The summed E-state index contributed by atoms with van der Waals surface area (Å²) in [5, 5.41) is 0. The van der Waals surface area contributed by atoms with Gasteiger partial charge in [-0.15, -0.1) is 19.7 Å². The van der Waals surface area contributed by atoms with Crippen molar-refractivity contribution in [2.24, 2.45) is 58.2 Å². The molecule has 0 aromatic heterocycles. The molecule has 2 unspecified atom stereocenters. The molecule has 0 heteroatoms. The highest BCUT2D eigenvalue weighted by atomic mass is 14.6. The first-order valence-corrected chi connectivity index (χ1v) is 17.1. The van der Waals surface area contributed by atoms with Crippen LogP contribution >= 0.6 is 0 Å². The Kier molecular flexibility index (Phi) is 15.3. The summed E-state index contributed by atoms with van der Waals surface area (Å²) in [5.74, 6) is 7.18. The van der Waals surface area contributed by atoms with Gasteiger partial charge in [-0.05, 0) is 116 Å². The molecule has 0 nitrogen and oxygen atoms in total. The topological polar surface area (TPSA) is 0 Å². The lowest BCUT2D eigenvalue weighted by Gasteiger charge is -2.59. The third-order valence-electron chi connectivity index (χ3n) is 11.8. The van der Waals surface area contributed by atoms with Crippen LogP contribution in [0.15, 0.2) is 37.5 Å². The Labute approximate surface area is 241 Å². The summed E-state index contributed by atoms with van der Waals surface area (Å²) in [5.41, 5.74) is 2.96. The summed E-state index contributed by atoms with van der Waals surface area (Å²) in [7, 11) is 0. The molecule has 4 aliphatic carbocycles. The lowest BCUT2D eigenvalue weighted by atomic mass is 9.46. The van der Waals surface area contributed by atoms with E-state index >= 15 is 0 Å². The van der Waals surface area contributed by atoms with E-state index in [9.17, 15) is 0 Å². The van der Waals surface area contributed by atoms with E-state index in [1.54, 1.807) is 0 Å². The quantitative estimate of drug-likeness (QED) is 0.276. The van der Waals surface area contributed by atoms with E-state index in [0.717, 1.165) is 47.3 Å². The van der Waals surface area contributed by atoms with E-state index in [4.69, 9.17) is 0 Å². The molecule has 38 heavy (non-hydrogen) atoms. The van der Waals surface area contributed by atoms with Crippen molar-refractivity contribution in [3.63, 3.8) is 0 Å². The summed E-state index contributed by atoms with van der Waals surface area (Å²) < 4.78 is 0. The number of allylic oxidation sites excluding steroid dienone is 3. The molecule has 222 valence electrons. The van der Waals surface area contributed by atoms with E-state index < -0.39 is 0 Å². The Morgan fingerprint density at radius 3 is 2.16 bits per heavy atom. The second-order valence-corrected chi connectivity index (χ2v) is 13.6. The molecular formula is C38H70. The Hall–Kier alpha value is -0.780. The summed E-state index contributed by atoms with van der Waals surface area (Å²) in [4.78, 5) is 0. The Bertz CT molecular complexity index is 699. The van der Waals surface area contributed by atoms with Gasteiger partial charge >= 0.3 is 0 Å². The molecule has 0 aliphatic heterocycles. The van der Waals surface area contributed by atoms with Crippen LogP contribution in [0.2, 0.25) is 0 Å². The van der Waals surface area contributed by atoms with Crippen molar-refractivity contribution in [2.75, 3.05) is 0 Å². The first-order chi connectivity index (χ1) is 18.2. The zero-order valence-electron chi connectivity index (χ0n) is 27.9. The van der Waals surface area contributed by atoms with Crippen LogP contribution in [-0.4, -0.2) is 0 Å². The van der Waals surface area contributed by atoms with Gasteiger partial charge in [0.25, 0.3) is 0 Å². The van der Waals surface area contributed by atoms with E-state index in [0.29, 0.717) is 10.8 Å². The van der Waals surface area contributed by atoms with Crippen molar-refractivity contribution in [3.8, 4) is 0 Å². The molecule has 0 aromatic rings. The minimum atomic E-state index is 0.515. The molecule has 4 rings (SSSR count). The lowest BCUT2D eigenvalue weighted by molar-refractivity contribution is -0.0521. The molecule has 0 N–H and O–H groups in total. The van der Waals surface area contributed by atoms with E-state index in [1.807, 2.05) is 33.3 Å². The van der Waals surface area contributed by atoms with E-state index in [2.05, 4.69) is 73.4 Å². The summed E-state index contributed by atoms with van der Waals surface area (Å²) in [6.07, 6.45) is 22.3. The van der Waals surface area contributed by atoms with Crippen molar-refractivity contribution in [1.82, 2.24) is 0 Å². The van der Waals surface area contributed by atoms with Gasteiger partial charge in [-0.3, -0.25) is 0 Å². The van der Waals surface area contributed by atoms with Crippen LogP contribution in [0.3, 0.4) is 0 Å². The van der Waals surface area contributed by atoms with Crippen molar-refractivity contribution in [2.45, 2.75) is 146 Å². The molecule has 3 saturated carbocycles. The normalized spacial score (nSPS) is 36.7. The Morgan fingerprint density at radius 1 is 0.921 bits per heavy atom. The van der Waals surface area contributed by atoms with Crippen LogP contribution in [0.5, 0.6) is 0 Å². The van der Waals surface area contributed by atoms with Crippen LogP contribution in [-0.2, 0) is 0 Å². The summed E-state index contributed by atoms with van der Waals surface area (Å²) in [6.45, 7) is 33.4. The second kappa shape index (κ2) is 16.5. The van der Waals surface area contributed by atoms with Gasteiger partial charge in [0.15, 0.2) is 0 Å². The third kappa shape index (κ3) is 7.29. The van der Waals surface area contributed by atoms with Gasteiger partial charge < -0.3 is 0 Å². The minimum absolute atomic E-state index is 0.515. The maximum Gasteiger partial charge on any atom is -0.00851 e. The zero-order chi connectivity index (χ0) is 29.1. The van der Waals surface area contributed by atoms with E-state index in [-0.39, 0.29) is 0 Å². The first-order valence-electron chi connectivity index (χ1n) is 17.1. The lowest BCUT2D eigenvalue weighted by Crippen LogP contribution is -2.50. The fourth-order valence-electron chi connectivity index (χ4n) is 9.50. The van der Waals surface area contributed by atoms with Crippen LogP contribution < -0.4 is 0 Å². The molecule has 0 heterocycles. The van der Waals surface area contributed by atoms with Gasteiger partial charge in [-0.2, -0.15) is 0 Å². The molecule has 0 amide bonds. The monoisotopic (exact) mass is 527 g/mol. The molecule has 9 atom stereocenters. The summed E-state index contributed by atoms with van der Waals surface area (Å²) >= 11 is 0. The highest BCUT2D eigenvalue weighted by Crippen LogP contribution is 2.67. The van der Waals surface area contributed by atoms with Crippen molar-refractivity contribution in [3.05, 3.63) is 37.5 Å². The zero-order valence-corrected chi connectivity index (χ0v) is 27.9. The van der Waals surface area contributed by atoms with Gasteiger partial charge in [0, 0.05) is 0 Å². The third-order valence-corrected chi connectivity index (χ3v) is 11.8. The van der Waals surface area contributed by atoms with Crippen LogP contribution in [0, 0.1) is 58.2 Å². The maximum absolute atomic E-state index is 4.34. The standard InChI is InChI=1S/C32H54.2C2H6.C2H4/c1-8-23(5)25-17-19-31(6)26(21-25)13-14-27-29-16-15-28(32(29,7)20-18-30(27)31)24(9-2)12-10-11-22(3)4;3*1-2/h9,13,22-25,27-30H,2,8,10-12,14-21H2,1,3-7H3;2*1-2H3;1-2H2/t23?,24-,25+,27?,28-,29+,30+,31+,32-;;;/m1.../s1. The van der Waals surface area contributed by atoms with Crippen molar-refractivity contribution in [1.29, 1.82) is 0 Å². The Balaban J connectivity index is 0.00000112. The second-order valence-electron chi connectivity index (χ2n) is 13.6. The minimum Gasteiger partial charge on any atom is -0.106 e. The molecule has 4 aliphatic rings. The van der Waals surface area contributed by atoms with Gasteiger partial charge in [0.2, 0.25) is 0 Å². The molecule has 0 saturated heterocycles. The van der Waals surface area contributed by atoms with Crippen LogP contribution in [0.1, 0.15) is 146 Å². The SMILES string of the molecule is C=C.C=C[C@H](CCCC(C)C)[C@H]1CC[C@H]2C3CC=C4C[C@@H](C(C)CC)CC[C@]4(C)[C@H]3CC[C@]12C.CC.CC. The average Bonchev–Trinajstić information content (AvgIpc) is 3.30. The highest BCUT2D eigenvalue weighted by Gasteiger charge is 2.59. The highest BCUT2D eigenvalue weighted by molar-refractivity contribution is 5.25. The smallest absolute Gasteiger partial charge is 0.00851 e. The molecule has 0 radical (unpaired) electrons.